The van der Waals surface area contributed by atoms with Crippen molar-refractivity contribution in [3.63, 3.8) is 0 Å². The van der Waals surface area contributed by atoms with Gasteiger partial charge >= 0.3 is 12.3 Å². The third kappa shape index (κ3) is 4.13. The van der Waals surface area contributed by atoms with Gasteiger partial charge in [-0.05, 0) is 36.4 Å². The number of halogens is 4. The van der Waals surface area contributed by atoms with Crippen molar-refractivity contribution in [3.05, 3.63) is 59.9 Å². The summed E-state index contributed by atoms with van der Waals surface area (Å²) in [6.07, 6.45) is -2.95. The van der Waals surface area contributed by atoms with Crippen LogP contribution in [0.3, 0.4) is 0 Å². The molecule has 3 heterocycles. The molecule has 3 aromatic rings. The molecule has 0 saturated carbocycles. The smallest absolute Gasteiger partial charge is 0.416 e. The number of alkyl halides is 3. The normalized spacial score (nSPS) is 16.5. The molecule has 154 valence electrons. The molecule has 1 fully saturated rings. The van der Waals surface area contributed by atoms with Crippen molar-refractivity contribution < 1.29 is 22.7 Å². The van der Waals surface area contributed by atoms with Crippen LogP contribution in [-0.2, 0) is 4.74 Å². The minimum absolute atomic E-state index is 0.180. The molecular formula is C19H13ClF3N5O2. The number of carbonyl (C=O) groups is 1. The molecule has 1 aliphatic rings. The number of nitrogens with zero attached hydrogens (tertiary/aromatic N) is 4. The Kier molecular flexibility index (Phi) is 5.17. The number of hydrogen-bond acceptors (Lipinski definition) is 6. The van der Waals surface area contributed by atoms with Crippen LogP contribution in [0.2, 0.25) is 5.02 Å². The van der Waals surface area contributed by atoms with E-state index in [1.54, 1.807) is 36.4 Å². The van der Waals surface area contributed by atoms with Gasteiger partial charge in [-0.25, -0.2) is 24.6 Å². The molecule has 0 radical (unpaired) electrons. The fraction of sp³-hybridized carbons (Fsp3) is 0.158. The zero-order valence-electron chi connectivity index (χ0n) is 15.1. The summed E-state index contributed by atoms with van der Waals surface area (Å²) in [5.74, 6) is 0.0853. The molecule has 30 heavy (non-hydrogen) atoms. The first-order valence-electron chi connectivity index (χ1n) is 8.66. The van der Waals surface area contributed by atoms with Gasteiger partial charge in [0.1, 0.15) is 12.4 Å². The highest BCUT2D eigenvalue weighted by molar-refractivity contribution is 6.30. The van der Waals surface area contributed by atoms with Crippen LogP contribution in [0.4, 0.5) is 35.4 Å². The van der Waals surface area contributed by atoms with Crippen molar-refractivity contribution in [3.8, 4) is 11.3 Å². The number of hydrogen-bond donors (Lipinski definition) is 1. The zero-order valence-corrected chi connectivity index (χ0v) is 15.9. The number of benzene rings is 1. The summed E-state index contributed by atoms with van der Waals surface area (Å²) in [4.78, 5) is 24.8. The Hall–Kier alpha value is -3.40. The topological polar surface area (TPSA) is 80.2 Å². The summed E-state index contributed by atoms with van der Waals surface area (Å²) in [6, 6.07) is 9.36. The van der Waals surface area contributed by atoms with Crippen LogP contribution in [-0.4, -0.2) is 39.9 Å². The lowest BCUT2D eigenvalue weighted by molar-refractivity contribution is -0.147. The minimum atomic E-state index is -4.65. The fourth-order valence-corrected chi connectivity index (χ4v) is 3.09. The van der Waals surface area contributed by atoms with Crippen LogP contribution in [0.15, 0.2) is 54.9 Å². The molecule has 1 aromatic carbocycles. The molecule has 1 aliphatic heterocycles. The lowest BCUT2D eigenvalue weighted by Crippen LogP contribution is -2.44. The van der Waals surface area contributed by atoms with Crippen LogP contribution in [0.1, 0.15) is 0 Å². The van der Waals surface area contributed by atoms with Crippen LogP contribution >= 0.6 is 11.6 Å². The SMILES string of the molecule is O=C1OCC(C(F)(F)F)N1c1cc(-c2ccnc(Nc3cccc(Cl)c3)n2)ccn1. The summed E-state index contributed by atoms with van der Waals surface area (Å²) in [5.41, 5.74) is 1.55. The van der Waals surface area contributed by atoms with E-state index in [9.17, 15) is 18.0 Å². The number of amides is 1. The number of cyclic esters (lactones) is 1. The van der Waals surface area contributed by atoms with Gasteiger partial charge in [-0.1, -0.05) is 17.7 Å². The second-order valence-corrected chi connectivity index (χ2v) is 6.74. The molecule has 1 atom stereocenters. The number of ether oxygens (including phenoxy) is 1. The Balaban J connectivity index is 1.63. The first kappa shape index (κ1) is 19.9. The summed E-state index contributed by atoms with van der Waals surface area (Å²) >= 11 is 5.96. The number of anilines is 3. The molecule has 1 saturated heterocycles. The quantitative estimate of drug-likeness (QED) is 0.632. The maximum Gasteiger partial charge on any atom is 0.416 e. The van der Waals surface area contributed by atoms with E-state index >= 15 is 0 Å². The highest BCUT2D eigenvalue weighted by Crippen LogP contribution is 2.34. The van der Waals surface area contributed by atoms with Gasteiger partial charge in [-0.15, -0.1) is 0 Å². The van der Waals surface area contributed by atoms with Gasteiger partial charge in [0.15, 0.2) is 6.04 Å². The van der Waals surface area contributed by atoms with Gasteiger partial charge < -0.3 is 10.1 Å². The summed E-state index contributed by atoms with van der Waals surface area (Å²) in [5, 5.41) is 3.54. The largest absolute Gasteiger partial charge is 0.447 e. The van der Waals surface area contributed by atoms with Crippen LogP contribution in [0.25, 0.3) is 11.3 Å². The predicted octanol–water partition coefficient (Wildman–Crippen LogP) is 4.82. The van der Waals surface area contributed by atoms with Crippen LogP contribution < -0.4 is 10.2 Å². The Morgan fingerprint density at radius 2 is 1.93 bits per heavy atom. The lowest BCUT2D eigenvalue weighted by atomic mass is 10.1. The van der Waals surface area contributed by atoms with Crippen molar-refractivity contribution in [2.24, 2.45) is 0 Å². The van der Waals surface area contributed by atoms with Gasteiger partial charge in [0.05, 0.1) is 5.69 Å². The highest BCUT2D eigenvalue weighted by atomic mass is 35.5. The maximum atomic E-state index is 13.2. The number of pyridine rings is 1. The fourth-order valence-electron chi connectivity index (χ4n) is 2.90. The van der Waals surface area contributed by atoms with Gasteiger partial charge in [-0.3, -0.25) is 0 Å². The van der Waals surface area contributed by atoms with E-state index in [0.29, 0.717) is 26.9 Å². The number of rotatable bonds is 4. The second kappa shape index (κ2) is 7.79. The average molecular weight is 436 g/mol. The standard InChI is InChI=1S/C19H13ClF3N5O2/c20-12-2-1-3-13(9-12)26-17-25-7-5-14(27-17)11-4-6-24-16(8-11)28-15(19(21,22)23)10-30-18(28)29/h1-9,15H,10H2,(H,25,26,27). The highest BCUT2D eigenvalue weighted by Gasteiger charge is 2.52. The van der Waals surface area contributed by atoms with E-state index in [1.165, 1.54) is 18.5 Å². The maximum absolute atomic E-state index is 13.2. The molecule has 0 spiro atoms. The molecule has 0 aliphatic carbocycles. The third-order valence-corrected chi connectivity index (χ3v) is 4.51. The third-order valence-electron chi connectivity index (χ3n) is 4.28. The van der Waals surface area contributed by atoms with Crippen LogP contribution in [0.5, 0.6) is 0 Å². The van der Waals surface area contributed by atoms with E-state index < -0.39 is 24.9 Å². The molecule has 1 unspecified atom stereocenters. The minimum Gasteiger partial charge on any atom is -0.447 e. The summed E-state index contributed by atoms with van der Waals surface area (Å²) in [6.45, 7) is -0.782. The van der Waals surface area contributed by atoms with Crippen LogP contribution in [0, 0.1) is 0 Å². The van der Waals surface area contributed by atoms with E-state index in [4.69, 9.17) is 11.6 Å². The van der Waals surface area contributed by atoms with Crippen molar-refractivity contribution >= 4 is 35.1 Å². The molecule has 1 amide bonds. The van der Waals surface area contributed by atoms with E-state index in [2.05, 4.69) is 25.0 Å². The molecule has 1 N–H and O–H groups in total. The molecular weight excluding hydrogens is 423 g/mol. The number of nitrogens with one attached hydrogen (secondary N) is 1. The van der Waals surface area contributed by atoms with E-state index in [1.807, 2.05) is 0 Å². The van der Waals surface area contributed by atoms with E-state index in [-0.39, 0.29) is 11.8 Å². The van der Waals surface area contributed by atoms with Crippen molar-refractivity contribution in [2.45, 2.75) is 12.2 Å². The number of aromatic nitrogens is 3. The van der Waals surface area contributed by atoms with Gasteiger partial charge in [0.2, 0.25) is 5.95 Å². The summed E-state index contributed by atoms with van der Waals surface area (Å²) in [7, 11) is 0. The van der Waals surface area contributed by atoms with Gasteiger partial charge in [-0.2, -0.15) is 13.2 Å². The Morgan fingerprint density at radius 1 is 1.13 bits per heavy atom. The zero-order chi connectivity index (χ0) is 21.3. The first-order valence-corrected chi connectivity index (χ1v) is 9.04. The van der Waals surface area contributed by atoms with Gasteiger partial charge in [0.25, 0.3) is 0 Å². The van der Waals surface area contributed by atoms with E-state index in [0.717, 1.165) is 0 Å². The monoisotopic (exact) mass is 435 g/mol. The predicted molar refractivity (Wildman–Crippen MR) is 104 cm³/mol. The lowest BCUT2D eigenvalue weighted by Gasteiger charge is -2.22. The Labute approximate surface area is 173 Å². The Morgan fingerprint density at radius 3 is 2.70 bits per heavy atom. The molecule has 4 rings (SSSR count). The molecule has 0 bridgehead atoms. The van der Waals surface area contributed by atoms with Crippen molar-refractivity contribution in [1.82, 2.24) is 15.0 Å². The summed E-state index contributed by atoms with van der Waals surface area (Å²) < 4.78 is 44.3. The molecule has 11 heteroatoms. The van der Waals surface area contributed by atoms with Crippen molar-refractivity contribution in [2.75, 3.05) is 16.8 Å². The number of carbonyl (C=O) groups excluding carboxylic acids is 1. The molecule has 2 aromatic heterocycles. The van der Waals surface area contributed by atoms with Crippen molar-refractivity contribution in [1.29, 1.82) is 0 Å². The first-order chi connectivity index (χ1) is 14.3. The molecule has 7 nitrogen and oxygen atoms in total. The second-order valence-electron chi connectivity index (χ2n) is 6.31. The average Bonchev–Trinajstić information content (AvgIpc) is 3.10. The Bertz CT molecular complexity index is 1100. The van der Waals surface area contributed by atoms with Gasteiger partial charge in [0, 0.05) is 28.7 Å².